The molecule has 0 aliphatic heterocycles. The van der Waals surface area contributed by atoms with E-state index in [2.05, 4.69) is 33.8 Å². The van der Waals surface area contributed by atoms with Crippen molar-refractivity contribution in [3.63, 3.8) is 0 Å². The van der Waals surface area contributed by atoms with E-state index in [1.165, 1.54) is 17.3 Å². The van der Waals surface area contributed by atoms with Crippen LogP contribution in [0.4, 0.5) is 11.4 Å². The summed E-state index contributed by atoms with van der Waals surface area (Å²) in [7, 11) is 0. The molecule has 33 heavy (non-hydrogen) atoms. The summed E-state index contributed by atoms with van der Waals surface area (Å²) < 4.78 is 2.03. The van der Waals surface area contributed by atoms with Crippen LogP contribution in [0.2, 0.25) is 5.02 Å². The number of carbonyl (C=O) groups excluding carboxylic acids is 1. The van der Waals surface area contributed by atoms with Crippen molar-refractivity contribution in [1.29, 1.82) is 0 Å². The van der Waals surface area contributed by atoms with E-state index >= 15 is 0 Å². The molecule has 0 bridgehead atoms. The topological polar surface area (TPSA) is 71.8 Å². The van der Waals surface area contributed by atoms with Crippen LogP contribution >= 0.6 is 23.4 Å². The number of benzene rings is 3. The Morgan fingerprint density at radius 3 is 2.58 bits per heavy atom. The Bertz CT molecular complexity index is 1230. The van der Waals surface area contributed by atoms with Gasteiger partial charge in [0.2, 0.25) is 5.91 Å². The van der Waals surface area contributed by atoms with E-state index in [0.29, 0.717) is 29.4 Å². The van der Waals surface area contributed by atoms with Crippen LogP contribution < -0.4 is 10.6 Å². The van der Waals surface area contributed by atoms with Gasteiger partial charge in [-0.15, -0.1) is 10.2 Å². The molecule has 4 rings (SSSR count). The molecule has 0 aliphatic carbocycles. The number of hydrogen-bond acceptors (Lipinski definition) is 5. The summed E-state index contributed by atoms with van der Waals surface area (Å²) in [5.74, 6) is 1.30. The van der Waals surface area contributed by atoms with Gasteiger partial charge < -0.3 is 10.6 Å². The minimum Gasteiger partial charge on any atom is -0.378 e. The molecule has 1 amide bonds. The van der Waals surface area contributed by atoms with Crippen molar-refractivity contribution in [2.75, 3.05) is 16.4 Å². The minimum atomic E-state index is -0.0722. The summed E-state index contributed by atoms with van der Waals surface area (Å²) in [4.78, 5) is 12.3. The second-order valence-corrected chi connectivity index (χ2v) is 8.89. The zero-order valence-electron chi connectivity index (χ0n) is 18.2. The molecule has 1 aromatic heterocycles. The van der Waals surface area contributed by atoms with Crippen molar-refractivity contribution in [3.8, 4) is 5.69 Å². The molecule has 6 nitrogen and oxygen atoms in total. The number of thioether (sulfide) groups is 1. The van der Waals surface area contributed by atoms with Crippen molar-refractivity contribution < 1.29 is 4.79 Å². The quantitative estimate of drug-likeness (QED) is 0.291. The first-order valence-corrected chi connectivity index (χ1v) is 11.9. The van der Waals surface area contributed by atoms with Gasteiger partial charge in [0.05, 0.1) is 6.54 Å². The van der Waals surface area contributed by atoms with Gasteiger partial charge >= 0.3 is 0 Å². The van der Waals surface area contributed by atoms with Crippen molar-refractivity contribution in [2.45, 2.75) is 25.0 Å². The lowest BCUT2D eigenvalue weighted by Gasteiger charge is -2.12. The fourth-order valence-corrected chi connectivity index (χ4v) is 4.41. The van der Waals surface area contributed by atoms with Crippen LogP contribution in [0.1, 0.15) is 17.8 Å². The number of amides is 1. The van der Waals surface area contributed by atoms with Gasteiger partial charge in [-0.3, -0.25) is 9.36 Å². The molecule has 0 unspecified atom stereocenters. The molecule has 1 heterocycles. The maximum absolute atomic E-state index is 12.3. The zero-order chi connectivity index (χ0) is 23.0. The van der Waals surface area contributed by atoms with Crippen molar-refractivity contribution in [2.24, 2.45) is 0 Å². The summed E-state index contributed by atoms with van der Waals surface area (Å²) in [5, 5.41) is 16.5. The van der Waals surface area contributed by atoms with Crippen LogP contribution in [-0.4, -0.2) is 26.4 Å². The largest absolute Gasteiger partial charge is 0.378 e. The molecule has 3 aromatic carbocycles. The first-order valence-electron chi connectivity index (χ1n) is 10.6. The number of rotatable bonds is 9. The molecule has 0 fully saturated rings. The number of nitrogens with one attached hydrogen (secondary N) is 2. The van der Waals surface area contributed by atoms with Crippen LogP contribution in [-0.2, 0) is 11.3 Å². The number of anilines is 2. The number of para-hydroxylation sites is 2. The lowest BCUT2D eigenvalue weighted by atomic mass is 10.2. The summed E-state index contributed by atoms with van der Waals surface area (Å²) in [6.07, 6.45) is 0.343. The fraction of sp³-hybridized carbons (Fsp3) is 0.160. The number of aromatic nitrogens is 3. The Kier molecular flexibility index (Phi) is 7.65. The maximum atomic E-state index is 12.3. The lowest BCUT2D eigenvalue weighted by molar-refractivity contribution is -0.115. The van der Waals surface area contributed by atoms with E-state index in [9.17, 15) is 4.79 Å². The summed E-state index contributed by atoms with van der Waals surface area (Å²) in [6.45, 7) is 2.60. The third-order valence-electron chi connectivity index (χ3n) is 4.97. The van der Waals surface area contributed by atoms with Gasteiger partial charge in [-0.1, -0.05) is 65.8 Å². The highest BCUT2D eigenvalue weighted by Gasteiger charge is 2.15. The molecule has 0 atom stereocenters. The Morgan fingerprint density at radius 1 is 1.00 bits per heavy atom. The van der Waals surface area contributed by atoms with Crippen molar-refractivity contribution in [1.82, 2.24) is 14.8 Å². The van der Waals surface area contributed by atoms with Gasteiger partial charge in [0.15, 0.2) is 11.0 Å². The first kappa shape index (κ1) is 22.9. The van der Waals surface area contributed by atoms with E-state index in [1.807, 2.05) is 65.2 Å². The Hall–Kier alpha value is -3.29. The average Bonchev–Trinajstić information content (AvgIpc) is 3.22. The van der Waals surface area contributed by atoms with Crippen LogP contribution in [0.3, 0.4) is 0 Å². The van der Waals surface area contributed by atoms with Gasteiger partial charge in [0.1, 0.15) is 0 Å². The standard InChI is InChI=1S/C25H24ClN5OS/c1-18-8-5-6-13-22(18)27-17-23-29-30-25(31(23)21-11-3-2-4-12-21)33-15-14-24(32)28-20-10-7-9-19(26)16-20/h2-13,16,27H,14-15,17H2,1H3,(H,28,32). The Morgan fingerprint density at radius 2 is 1.79 bits per heavy atom. The SMILES string of the molecule is Cc1ccccc1NCc1nnc(SCCC(=O)Nc2cccc(Cl)c2)n1-c1ccccc1. The molecule has 0 spiro atoms. The van der Waals surface area contributed by atoms with E-state index in [1.54, 1.807) is 12.1 Å². The molecule has 0 aliphatic rings. The number of aryl methyl sites for hydroxylation is 1. The highest BCUT2D eigenvalue weighted by Crippen LogP contribution is 2.24. The molecule has 0 radical (unpaired) electrons. The van der Waals surface area contributed by atoms with Crippen molar-refractivity contribution in [3.05, 3.63) is 95.3 Å². The lowest BCUT2D eigenvalue weighted by Crippen LogP contribution is -2.12. The van der Waals surface area contributed by atoms with E-state index < -0.39 is 0 Å². The monoisotopic (exact) mass is 477 g/mol. The molecule has 168 valence electrons. The third-order valence-corrected chi connectivity index (χ3v) is 6.13. The number of nitrogens with zero attached hydrogens (tertiary/aromatic N) is 3. The van der Waals surface area contributed by atoms with E-state index in [4.69, 9.17) is 11.6 Å². The zero-order valence-corrected chi connectivity index (χ0v) is 19.7. The van der Waals surface area contributed by atoms with Crippen molar-refractivity contribution >= 4 is 40.6 Å². The first-order chi connectivity index (χ1) is 16.1. The van der Waals surface area contributed by atoms with Crippen LogP contribution in [0.25, 0.3) is 5.69 Å². The smallest absolute Gasteiger partial charge is 0.225 e. The second kappa shape index (κ2) is 11.0. The van der Waals surface area contributed by atoms with E-state index in [-0.39, 0.29) is 5.91 Å². The van der Waals surface area contributed by atoms with Gasteiger partial charge in [-0.2, -0.15) is 0 Å². The van der Waals surface area contributed by atoms with Crippen LogP contribution in [0.5, 0.6) is 0 Å². The predicted molar refractivity (Wildman–Crippen MR) is 135 cm³/mol. The van der Waals surface area contributed by atoms with Gasteiger partial charge in [-0.05, 0) is 48.9 Å². The van der Waals surface area contributed by atoms with Gasteiger partial charge in [0.25, 0.3) is 0 Å². The third kappa shape index (κ3) is 6.15. The predicted octanol–water partition coefficient (Wildman–Crippen LogP) is 5.96. The number of carbonyl (C=O) groups is 1. The molecule has 0 saturated carbocycles. The van der Waals surface area contributed by atoms with Crippen LogP contribution in [0, 0.1) is 6.92 Å². The Balaban J connectivity index is 1.44. The molecule has 0 saturated heterocycles. The number of halogens is 1. The normalized spacial score (nSPS) is 10.7. The molecule has 2 N–H and O–H groups in total. The maximum Gasteiger partial charge on any atom is 0.225 e. The minimum absolute atomic E-state index is 0.0722. The summed E-state index contributed by atoms with van der Waals surface area (Å²) >= 11 is 7.49. The average molecular weight is 478 g/mol. The summed E-state index contributed by atoms with van der Waals surface area (Å²) in [6, 6.07) is 25.3. The molecule has 8 heteroatoms. The van der Waals surface area contributed by atoms with E-state index in [0.717, 1.165) is 22.4 Å². The highest BCUT2D eigenvalue weighted by atomic mass is 35.5. The Labute approximate surface area is 202 Å². The fourth-order valence-electron chi connectivity index (χ4n) is 3.31. The molecular weight excluding hydrogens is 454 g/mol. The molecule has 4 aromatic rings. The second-order valence-electron chi connectivity index (χ2n) is 7.40. The highest BCUT2D eigenvalue weighted by molar-refractivity contribution is 7.99. The molecular formula is C25H24ClN5OS. The van der Waals surface area contributed by atoms with Gasteiger partial charge in [0, 0.05) is 34.3 Å². The number of hydrogen-bond donors (Lipinski definition) is 2. The van der Waals surface area contributed by atoms with Crippen LogP contribution in [0.15, 0.2) is 84.0 Å². The summed E-state index contributed by atoms with van der Waals surface area (Å²) in [5.41, 5.74) is 3.90. The van der Waals surface area contributed by atoms with Gasteiger partial charge in [-0.25, -0.2) is 0 Å².